The highest BCUT2D eigenvalue weighted by Crippen LogP contribution is 2.27. The Morgan fingerprint density at radius 3 is 2.42 bits per heavy atom. The van der Waals surface area contributed by atoms with Crippen LogP contribution >= 0.6 is 0 Å². The van der Waals surface area contributed by atoms with E-state index in [0.717, 1.165) is 18.7 Å². The molecule has 0 spiro atoms. The van der Waals surface area contributed by atoms with Crippen LogP contribution in [0.3, 0.4) is 0 Å². The predicted octanol–water partition coefficient (Wildman–Crippen LogP) is 1.84. The maximum absolute atomic E-state index is 11.7. The quantitative estimate of drug-likeness (QED) is 0.902. The van der Waals surface area contributed by atoms with Crippen molar-refractivity contribution < 1.29 is 9.90 Å². The van der Waals surface area contributed by atoms with Gasteiger partial charge in [-0.05, 0) is 26.5 Å². The molecule has 1 saturated heterocycles. The molecule has 1 fully saturated rings. The minimum absolute atomic E-state index is 0.238. The third-order valence-electron chi connectivity index (χ3n) is 4.03. The lowest BCUT2D eigenvalue weighted by Crippen LogP contribution is -2.56. The molecule has 0 radical (unpaired) electrons. The Balaban J connectivity index is 2.27. The van der Waals surface area contributed by atoms with Crippen LogP contribution in [0, 0.1) is 0 Å². The number of piperazine rings is 1. The Morgan fingerprint density at radius 2 is 1.84 bits per heavy atom. The summed E-state index contributed by atoms with van der Waals surface area (Å²) in [5, 5.41) is 9.59. The second-order valence-corrected chi connectivity index (χ2v) is 5.49. The number of rotatable bonds is 3. The fraction of sp³-hybridized carbons (Fsp3) is 0.533. The number of carboxylic acids is 1. The van der Waals surface area contributed by atoms with Gasteiger partial charge in [-0.1, -0.05) is 30.3 Å². The van der Waals surface area contributed by atoms with Gasteiger partial charge in [0, 0.05) is 25.2 Å². The molecule has 19 heavy (non-hydrogen) atoms. The first kappa shape index (κ1) is 14.0. The molecule has 2 rings (SSSR count). The second-order valence-electron chi connectivity index (χ2n) is 5.49. The molecule has 2 unspecified atom stereocenters. The zero-order valence-corrected chi connectivity index (χ0v) is 11.8. The van der Waals surface area contributed by atoms with Crippen molar-refractivity contribution in [3.8, 4) is 0 Å². The third-order valence-corrected chi connectivity index (χ3v) is 4.03. The molecule has 1 aromatic carbocycles. The van der Waals surface area contributed by atoms with Crippen molar-refractivity contribution in [3.05, 3.63) is 35.9 Å². The lowest BCUT2D eigenvalue weighted by Gasteiger charge is -2.45. The number of hydrogen-bond donors (Lipinski definition) is 1. The first-order chi connectivity index (χ1) is 9.00. The van der Waals surface area contributed by atoms with Crippen molar-refractivity contribution in [3.63, 3.8) is 0 Å². The van der Waals surface area contributed by atoms with Crippen LogP contribution in [0.25, 0.3) is 0 Å². The molecule has 1 N–H and O–H groups in total. The van der Waals surface area contributed by atoms with Gasteiger partial charge in [0.05, 0.1) is 0 Å². The van der Waals surface area contributed by atoms with Crippen LogP contribution < -0.4 is 0 Å². The Labute approximate surface area is 114 Å². The van der Waals surface area contributed by atoms with Crippen molar-refractivity contribution >= 4 is 5.97 Å². The van der Waals surface area contributed by atoms with Crippen LogP contribution in [0.4, 0.5) is 0 Å². The maximum Gasteiger partial charge on any atom is 0.325 e. The lowest BCUT2D eigenvalue weighted by molar-refractivity contribution is -0.146. The second kappa shape index (κ2) is 5.72. The van der Waals surface area contributed by atoms with E-state index in [2.05, 4.69) is 30.7 Å². The van der Waals surface area contributed by atoms with Crippen LogP contribution in [0.1, 0.15) is 25.5 Å². The standard InChI is InChI=1S/C15H22N2O2/c1-11-10-17(12(2)9-16(11)3)14(15(18)19)13-7-5-4-6-8-13/h4-8,11-12,14H,9-10H2,1-3H3,(H,18,19)/t11-,12?,14?/m1/s1. The number of aliphatic carboxylic acids is 1. The van der Waals surface area contributed by atoms with Crippen LogP contribution in [-0.2, 0) is 4.79 Å². The number of hydrogen-bond acceptors (Lipinski definition) is 3. The first-order valence-corrected chi connectivity index (χ1v) is 6.74. The van der Waals surface area contributed by atoms with E-state index >= 15 is 0 Å². The van der Waals surface area contributed by atoms with Gasteiger partial charge in [-0.15, -0.1) is 0 Å². The summed E-state index contributed by atoms with van der Waals surface area (Å²) in [6.07, 6.45) is 0. The van der Waals surface area contributed by atoms with E-state index in [0.29, 0.717) is 6.04 Å². The van der Waals surface area contributed by atoms with Crippen LogP contribution in [0.15, 0.2) is 30.3 Å². The molecular formula is C15H22N2O2. The predicted molar refractivity (Wildman–Crippen MR) is 75.1 cm³/mol. The van der Waals surface area contributed by atoms with Gasteiger partial charge in [0.1, 0.15) is 6.04 Å². The lowest BCUT2D eigenvalue weighted by atomic mass is 10.00. The Hall–Kier alpha value is -1.39. The van der Waals surface area contributed by atoms with Crippen LogP contribution in [-0.4, -0.2) is 53.1 Å². The summed E-state index contributed by atoms with van der Waals surface area (Å²) in [6.45, 7) is 5.92. The van der Waals surface area contributed by atoms with Gasteiger partial charge in [-0.25, -0.2) is 0 Å². The molecule has 0 aliphatic carbocycles. The highest BCUT2D eigenvalue weighted by molar-refractivity contribution is 5.75. The molecular weight excluding hydrogens is 240 g/mol. The summed E-state index contributed by atoms with van der Waals surface area (Å²) >= 11 is 0. The van der Waals surface area contributed by atoms with Gasteiger partial charge >= 0.3 is 5.97 Å². The van der Waals surface area contributed by atoms with E-state index in [-0.39, 0.29) is 6.04 Å². The molecule has 3 atom stereocenters. The molecule has 1 heterocycles. The number of carboxylic acid groups (broad SMARTS) is 1. The highest BCUT2D eigenvalue weighted by Gasteiger charge is 2.35. The summed E-state index contributed by atoms with van der Waals surface area (Å²) in [5.41, 5.74) is 0.860. The molecule has 1 aliphatic heterocycles. The van der Waals surface area contributed by atoms with E-state index in [4.69, 9.17) is 0 Å². The third kappa shape index (κ3) is 2.96. The minimum Gasteiger partial charge on any atom is -0.480 e. The summed E-state index contributed by atoms with van der Waals surface area (Å²) in [5.74, 6) is -0.769. The van der Waals surface area contributed by atoms with Crippen molar-refractivity contribution in [2.75, 3.05) is 20.1 Å². The molecule has 4 heteroatoms. The number of carbonyl (C=O) groups is 1. The van der Waals surface area contributed by atoms with Crippen molar-refractivity contribution in [1.29, 1.82) is 0 Å². The fourth-order valence-corrected chi connectivity index (χ4v) is 2.80. The average molecular weight is 262 g/mol. The molecule has 0 amide bonds. The Bertz CT molecular complexity index is 435. The average Bonchev–Trinajstić information content (AvgIpc) is 2.37. The SMILES string of the molecule is CC1CN(C)[C@H](C)CN1C(C(=O)O)c1ccccc1. The molecule has 0 aromatic heterocycles. The molecule has 1 aromatic rings. The summed E-state index contributed by atoms with van der Waals surface area (Å²) in [6, 6.07) is 9.57. The molecule has 104 valence electrons. The maximum atomic E-state index is 11.7. The van der Waals surface area contributed by atoms with Crippen molar-refractivity contribution in [1.82, 2.24) is 9.80 Å². The fourth-order valence-electron chi connectivity index (χ4n) is 2.80. The largest absolute Gasteiger partial charge is 0.480 e. The molecule has 1 aliphatic rings. The zero-order chi connectivity index (χ0) is 14.0. The van der Waals surface area contributed by atoms with Gasteiger partial charge in [-0.3, -0.25) is 9.69 Å². The summed E-state index contributed by atoms with van der Waals surface area (Å²) in [7, 11) is 2.09. The molecule has 0 saturated carbocycles. The van der Waals surface area contributed by atoms with E-state index in [1.54, 1.807) is 0 Å². The smallest absolute Gasteiger partial charge is 0.325 e. The van der Waals surface area contributed by atoms with Gasteiger partial charge in [-0.2, -0.15) is 0 Å². The minimum atomic E-state index is -0.769. The molecule has 4 nitrogen and oxygen atoms in total. The van der Waals surface area contributed by atoms with Gasteiger partial charge < -0.3 is 10.0 Å². The normalized spacial score (nSPS) is 27.1. The van der Waals surface area contributed by atoms with Crippen molar-refractivity contribution in [2.45, 2.75) is 32.0 Å². The van der Waals surface area contributed by atoms with Gasteiger partial charge in [0.15, 0.2) is 0 Å². The van der Waals surface area contributed by atoms with Gasteiger partial charge in [0.25, 0.3) is 0 Å². The van der Waals surface area contributed by atoms with Crippen LogP contribution in [0.2, 0.25) is 0 Å². The van der Waals surface area contributed by atoms with E-state index < -0.39 is 12.0 Å². The number of nitrogens with zero attached hydrogens (tertiary/aromatic N) is 2. The van der Waals surface area contributed by atoms with E-state index in [1.165, 1.54) is 0 Å². The number of benzene rings is 1. The highest BCUT2D eigenvalue weighted by atomic mass is 16.4. The first-order valence-electron chi connectivity index (χ1n) is 6.74. The summed E-state index contributed by atoms with van der Waals surface area (Å²) in [4.78, 5) is 16.1. The Kier molecular flexibility index (Phi) is 4.22. The number of likely N-dealkylation sites (N-methyl/N-ethyl adjacent to an activating group) is 1. The van der Waals surface area contributed by atoms with E-state index in [9.17, 15) is 9.90 Å². The monoisotopic (exact) mass is 262 g/mol. The molecule has 0 bridgehead atoms. The Morgan fingerprint density at radius 1 is 1.21 bits per heavy atom. The topological polar surface area (TPSA) is 43.8 Å². The van der Waals surface area contributed by atoms with Crippen molar-refractivity contribution in [2.24, 2.45) is 0 Å². The zero-order valence-electron chi connectivity index (χ0n) is 11.8. The van der Waals surface area contributed by atoms with Gasteiger partial charge in [0.2, 0.25) is 0 Å². The summed E-state index contributed by atoms with van der Waals surface area (Å²) < 4.78 is 0. The van der Waals surface area contributed by atoms with Crippen LogP contribution in [0.5, 0.6) is 0 Å². The van der Waals surface area contributed by atoms with E-state index in [1.807, 2.05) is 30.3 Å².